The van der Waals surface area contributed by atoms with Gasteiger partial charge in [0.1, 0.15) is 0 Å². The second kappa shape index (κ2) is 7.22. The zero-order valence-corrected chi connectivity index (χ0v) is 11.8. The molecule has 0 aliphatic heterocycles. The van der Waals surface area contributed by atoms with Crippen LogP contribution < -0.4 is 5.32 Å². The van der Waals surface area contributed by atoms with Gasteiger partial charge in [-0.1, -0.05) is 41.9 Å². The van der Waals surface area contributed by atoms with Crippen molar-refractivity contribution in [3.8, 4) is 0 Å². The highest BCUT2D eigenvalue weighted by molar-refractivity contribution is 7.99. The number of thioether (sulfide) groups is 1. The van der Waals surface area contributed by atoms with Crippen LogP contribution in [0.1, 0.15) is 11.6 Å². The van der Waals surface area contributed by atoms with Gasteiger partial charge in [0.2, 0.25) is 6.41 Å². The third kappa shape index (κ3) is 4.30. The van der Waals surface area contributed by atoms with Gasteiger partial charge in [-0.25, -0.2) is 0 Å². The Morgan fingerprint density at radius 3 is 2.42 bits per heavy atom. The molecular weight excluding hydrogens is 278 g/mol. The molecule has 1 atom stereocenters. The third-order valence-corrected chi connectivity index (χ3v) is 4.06. The van der Waals surface area contributed by atoms with Crippen molar-refractivity contribution < 1.29 is 4.79 Å². The predicted octanol–water partition coefficient (Wildman–Crippen LogP) is 3.92. The van der Waals surface area contributed by atoms with Gasteiger partial charge in [-0.2, -0.15) is 0 Å². The molecule has 2 rings (SSSR count). The van der Waals surface area contributed by atoms with E-state index >= 15 is 0 Å². The lowest BCUT2D eigenvalue weighted by Gasteiger charge is -2.16. The fraction of sp³-hybridized carbons (Fsp3) is 0.133. The molecule has 4 heteroatoms. The first-order chi connectivity index (χ1) is 9.29. The van der Waals surface area contributed by atoms with E-state index < -0.39 is 0 Å². The molecule has 0 saturated heterocycles. The van der Waals surface area contributed by atoms with Crippen LogP contribution in [0.2, 0.25) is 5.02 Å². The minimum absolute atomic E-state index is 0.0133. The highest BCUT2D eigenvalue weighted by atomic mass is 35.5. The molecule has 0 aliphatic carbocycles. The molecule has 0 aliphatic rings. The van der Waals surface area contributed by atoms with Gasteiger partial charge in [-0.15, -0.1) is 11.8 Å². The fourth-order valence-electron chi connectivity index (χ4n) is 1.72. The molecule has 98 valence electrons. The zero-order chi connectivity index (χ0) is 13.5. The van der Waals surface area contributed by atoms with Crippen molar-refractivity contribution in [2.24, 2.45) is 0 Å². The number of rotatable bonds is 6. The van der Waals surface area contributed by atoms with E-state index in [-0.39, 0.29) is 6.04 Å². The van der Waals surface area contributed by atoms with E-state index in [1.54, 1.807) is 11.8 Å². The fourth-order valence-corrected chi connectivity index (χ4v) is 2.82. The Morgan fingerprint density at radius 1 is 1.11 bits per heavy atom. The quantitative estimate of drug-likeness (QED) is 0.645. The van der Waals surface area contributed by atoms with E-state index in [1.165, 1.54) is 0 Å². The van der Waals surface area contributed by atoms with E-state index in [0.717, 1.165) is 27.6 Å². The second-order valence-electron chi connectivity index (χ2n) is 4.01. The molecule has 19 heavy (non-hydrogen) atoms. The van der Waals surface area contributed by atoms with Gasteiger partial charge in [0.25, 0.3) is 0 Å². The molecule has 1 amide bonds. The Bertz CT molecular complexity index is 515. The molecule has 0 aromatic heterocycles. The molecule has 2 aromatic carbocycles. The maximum Gasteiger partial charge on any atom is 0.207 e. The van der Waals surface area contributed by atoms with Crippen molar-refractivity contribution in [3.63, 3.8) is 0 Å². The summed E-state index contributed by atoms with van der Waals surface area (Å²) in [5.41, 5.74) is 1.11. The second-order valence-corrected chi connectivity index (χ2v) is 5.54. The normalized spacial score (nSPS) is 11.8. The van der Waals surface area contributed by atoms with Crippen LogP contribution in [0.25, 0.3) is 0 Å². The average Bonchev–Trinajstić information content (AvgIpc) is 2.46. The van der Waals surface area contributed by atoms with E-state index in [1.807, 2.05) is 54.6 Å². The van der Waals surface area contributed by atoms with Crippen LogP contribution in [0.4, 0.5) is 0 Å². The first kappa shape index (κ1) is 14.0. The summed E-state index contributed by atoms with van der Waals surface area (Å²) in [4.78, 5) is 11.8. The summed E-state index contributed by atoms with van der Waals surface area (Å²) in [6.45, 7) is 0. The molecule has 0 radical (unpaired) electrons. The lowest BCUT2D eigenvalue weighted by Crippen LogP contribution is -2.21. The van der Waals surface area contributed by atoms with Crippen LogP contribution in [0.3, 0.4) is 0 Å². The standard InChI is InChI=1S/C15H14ClNOS/c16-13-6-8-14(9-7-13)19-10-15(17-11-18)12-4-2-1-3-5-12/h1-9,11,15H,10H2,(H,17,18)/t15-/m0/s1. The average molecular weight is 292 g/mol. The number of halogens is 1. The third-order valence-electron chi connectivity index (χ3n) is 2.70. The van der Waals surface area contributed by atoms with Gasteiger partial charge < -0.3 is 5.32 Å². The smallest absolute Gasteiger partial charge is 0.207 e. The molecule has 2 aromatic rings. The van der Waals surface area contributed by atoms with Gasteiger partial charge in [0, 0.05) is 15.7 Å². The maximum atomic E-state index is 10.7. The van der Waals surface area contributed by atoms with Gasteiger partial charge >= 0.3 is 0 Å². The number of benzene rings is 2. The van der Waals surface area contributed by atoms with Gasteiger partial charge in [0.15, 0.2) is 0 Å². The molecule has 0 bridgehead atoms. The number of carbonyl (C=O) groups is 1. The van der Waals surface area contributed by atoms with Crippen LogP contribution in [-0.2, 0) is 4.79 Å². The van der Waals surface area contributed by atoms with E-state index in [4.69, 9.17) is 11.6 Å². The van der Waals surface area contributed by atoms with Crippen molar-refractivity contribution in [1.82, 2.24) is 5.32 Å². The Balaban J connectivity index is 2.01. The monoisotopic (exact) mass is 291 g/mol. The van der Waals surface area contributed by atoms with Crippen molar-refractivity contribution in [3.05, 3.63) is 65.2 Å². The summed E-state index contributed by atoms with van der Waals surface area (Å²) >= 11 is 7.54. The van der Waals surface area contributed by atoms with Gasteiger partial charge in [0.05, 0.1) is 6.04 Å². The minimum atomic E-state index is 0.0133. The van der Waals surface area contributed by atoms with Crippen LogP contribution in [-0.4, -0.2) is 12.2 Å². The van der Waals surface area contributed by atoms with Gasteiger partial charge in [-0.05, 0) is 29.8 Å². The molecule has 0 heterocycles. The Labute approximate surface area is 122 Å². The summed E-state index contributed by atoms with van der Waals surface area (Å²) in [5, 5.41) is 3.58. The topological polar surface area (TPSA) is 29.1 Å². The molecule has 0 saturated carbocycles. The number of nitrogens with one attached hydrogen (secondary N) is 1. The number of hydrogen-bond acceptors (Lipinski definition) is 2. The van der Waals surface area contributed by atoms with Gasteiger partial charge in [-0.3, -0.25) is 4.79 Å². The predicted molar refractivity (Wildman–Crippen MR) is 80.6 cm³/mol. The van der Waals surface area contributed by atoms with Crippen LogP contribution in [0.15, 0.2) is 59.5 Å². The molecule has 0 spiro atoms. The van der Waals surface area contributed by atoms with Crippen LogP contribution in [0.5, 0.6) is 0 Å². The lowest BCUT2D eigenvalue weighted by molar-refractivity contribution is -0.110. The van der Waals surface area contributed by atoms with Crippen LogP contribution in [0, 0.1) is 0 Å². The first-order valence-electron chi connectivity index (χ1n) is 5.92. The molecule has 0 unspecified atom stereocenters. The largest absolute Gasteiger partial charge is 0.351 e. The number of hydrogen-bond donors (Lipinski definition) is 1. The molecule has 0 fully saturated rings. The van der Waals surface area contributed by atoms with Crippen molar-refractivity contribution >= 4 is 29.8 Å². The number of carbonyl (C=O) groups excluding carboxylic acids is 1. The number of amides is 1. The van der Waals surface area contributed by atoms with E-state index in [0.29, 0.717) is 0 Å². The molecule has 2 nitrogen and oxygen atoms in total. The Hall–Kier alpha value is -1.45. The van der Waals surface area contributed by atoms with E-state index in [2.05, 4.69) is 5.32 Å². The summed E-state index contributed by atoms with van der Waals surface area (Å²) < 4.78 is 0. The molecular formula is C15H14ClNOS. The molecule has 1 N–H and O–H groups in total. The Kier molecular flexibility index (Phi) is 5.31. The first-order valence-corrected chi connectivity index (χ1v) is 7.29. The van der Waals surface area contributed by atoms with E-state index in [9.17, 15) is 4.79 Å². The SMILES string of the molecule is O=CN[C@@H](CSc1ccc(Cl)cc1)c1ccccc1. The highest BCUT2D eigenvalue weighted by Gasteiger charge is 2.10. The van der Waals surface area contributed by atoms with Crippen molar-refractivity contribution in [2.45, 2.75) is 10.9 Å². The summed E-state index contributed by atoms with van der Waals surface area (Å²) in [7, 11) is 0. The van der Waals surface area contributed by atoms with Crippen LogP contribution >= 0.6 is 23.4 Å². The summed E-state index contributed by atoms with van der Waals surface area (Å²) in [6, 6.07) is 17.7. The zero-order valence-electron chi connectivity index (χ0n) is 10.3. The minimum Gasteiger partial charge on any atom is -0.351 e. The summed E-state index contributed by atoms with van der Waals surface area (Å²) in [6.07, 6.45) is 0.750. The summed E-state index contributed by atoms with van der Waals surface area (Å²) in [5.74, 6) is 0.782. The van der Waals surface area contributed by atoms with Crippen molar-refractivity contribution in [2.75, 3.05) is 5.75 Å². The lowest BCUT2D eigenvalue weighted by atomic mass is 10.1. The highest BCUT2D eigenvalue weighted by Crippen LogP contribution is 2.25. The Morgan fingerprint density at radius 2 is 1.79 bits per heavy atom. The van der Waals surface area contributed by atoms with Crippen molar-refractivity contribution in [1.29, 1.82) is 0 Å². The maximum absolute atomic E-state index is 10.7.